The van der Waals surface area contributed by atoms with Gasteiger partial charge in [0.25, 0.3) is 6.43 Å². The highest BCUT2D eigenvalue weighted by atomic mass is 32.1. The maximum absolute atomic E-state index is 12.4. The van der Waals surface area contributed by atoms with Gasteiger partial charge in [-0.2, -0.15) is 0 Å². The first-order valence-electron chi connectivity index (χ1n) is 3.81. The van der Waals surface area contributed by atoms with Crippen molar-refractivity contribution in [3.8, 4) is 11.5 Å². The van der Waals surface area contributed by atoms with Crippen LogP contribution < -0.4 is 0 Å². The lowest BCUT2D eigenvalue weighted by atomic mass is 10.1. The van der Waals surface area contributed by atoms with E-state index in [1.807, 2.05) is 0 Å². The van der Waals surface area contributed by atoms with Gasteiger partial charge >= 0.3 is 0 Å². The minimum atomic E-state index is -2.79. The van der Waals surface area contributed by atoms with Crippen molar-refractivity contribution >= 4 is 21.4 Å². The van der Waals surface area contributed by atoms with Crippen molar-refractivity contribution in [1.29, 1.82) is 0 Å². The Morgan fingerprint density at radius 2 is 1.93 bits per heavy atom. The highest BCUT2D eigenvalue weighted by molar-refractivity contribution is 7.17. The average molecular weight is 216 g/mol. The van der Waals surface area contributed by atoms with Crippen LogP contribution >= 0.6 is 11.3 Å². The number of halogens is 2. The highest BCUT2D eigenvalue weighted by Gasteiger charge is 2.19. The molecule has 0 aliphatic carbocycles. The predicted molar refractivity (Wildman–Crippen MR) is 50.1 cm³/mol. The van der Waals surface area contributed by atoms with Crippen LogP contribution in [0.25, 0.3) is 10.1 Å². The number of benzene rings is 1. The summed E-state index contributed by atoms with van der Waals surface area (Å²) < 4.78 is 25.2. The average Bonchev–Trinajstić information content (AvgIpc) is 2.58. The Morgan fingerprint density at radius 3 is 2.57 bits per heavy atom. The molecule has 0 saturated heterocycles. The Labute approximate surface area is 82.0 Å². The molecule has 2 rings (SSSR count). The maximum Gasteiger partial charge on any atom is 0.267 e. The van der Waals surface area contributed by atoms with Crippen LogP contribution in [-0.4, -0.2) is 10.2 Å². The van der Waals surface area contributed by atoms with Gasteiger partial charge in [-0.15, -0.1) is 11.3 Å². The van der Waals surface area contributed by atoms with Crippen molar-refractivity contribution in [3.63, 3.8) is 0 Å². The summed E-state index contributed by atoms with van der Waals surface area (Å²) in [5.74, 6) is -1.19. The molecule has 0 bridgehead atoms. The van der Waals surface area contributed by atoms with Gasteiger partial charge < -0.3 is 10.2 Å². The zero-order valence-electron chi connectivity index (χ0n) is 6.87. The van der Waals surface area contributed by atoms with Gasteiger partial charge in [0, 0.05) is 0 Å². The normalized spacial score (nSPS) is 11.4. The van der Waals surface area contributed by atoms with Crippen LogP contribution in [0.5, 0.6) is 11.5 Å². The largest absolute Gasteiger partial charge is 0.504 e. The number of rotatable bonds is 1. The van der Waals surface area contributed by atoms with Gasteiger partial charge in [0.15, 0.2) is 11.5 Å². The fourth-order valence-electron chi connectivity index (χ4n) is 1.27. The van der Waals surface area contributed by atoms with Crippen LogP contribution in [0.2, 0.25) is 0 Å². The maximum atomic E-state index is 12.4. The van der Waals surface area contributed by atoms with Gasteiger partial charge in [0.05, 0.1) is 10.3 Å². The number of hydrogen-bond acceptors (Lipinski definition) is 3. The summed E-state index contributed by atoms with van der Waals surface area (Å²) >= 11 is 1.19. The second kappa shape index (κ2) is 3.09. The second-order valence-corrected chi connectivity index (χ2v) is 3.72. The summed E-state index contributed by atoms with van der Waals surface area (Å²) in [5, 5.41) is 20.8. The summed E-state index contributed by atoms with van der Waals surface area (Å²) in [5.41, 5.74) is -0.534. The number of thiophene rings is 1. The highest BCUT2D eigenvalue weighted by Crippen LogP contribution is 2.43. The van der Waals surface area contributed by atoms with Crippen molar-refractivity contribution in [2.24, 2.45) is 0 Å². The van der Waals surface area contributed by atoms with Gasteiger partial charge in [0.1, 0.15) is 0 Å². The predicted octanol–water partition coefficient (Wildman–Crippen LogP) is 3.25. The van der Waals surface area contributed by atoms with Gasteiger partial charge in [-0.05, 0) is 22.9 Å². The molecular weight excluding hydrogens is 210 g/mol. The molecule has 0 amide bonds. The first-order valence-corrected chi connectivity index (χ1v) is 4.69. The zero-order valence-corrected chi connectivity index (χ0v) is 7.68. The number of fused-ring (bicyclic) bond motifs is 1. The lowest BCUT2D eigenvalue weighted by Crippen LogP contribution is -1.85. The molecule has 0 saturated carbocycles. The van der Waals surface area contributed by atoms with Crippen molar-refractivity contribution in [1.82, 2.24) is 0 Å². The lowest BCUT2D eigenvalue weighted by Gasteiger charge is -2.05. The molecule has 5 heteroatoms. The number of phenols is 2. The molecule has 2 N–H and O–H groups in total. The molecule has 1 aromatic heterocycles. The smallest absolute Gasteiger partial charge is 0.267 e. The minimum Gasteiger partial charge on any atom is -0.504 e. The Balaban J connectivity index is 2.80. The number of phenolic OH excluding ortho intramolecular Hbond substituents is 2. The third-order valence-electron chi connectivity index (χ3n) is 1.95. The Hall–Kier alpha value is -1.36. The van der Waals surface area contributed by atoms with Crippen LogP contribution in [0, 0.1) is 0 Å². The van der Waals surface area contributed by atoms with Gasteiger partial charge in [-0.3, -0.25) is 0 Å². The van der Waals surface area contributed by atoms with E-state index in [4.69, 9.17) is 0 Å². The van der Waals surface area contributed by atoms with Crippen LogP contribution in [0.4, 0.5) is 8.78 Å². The van der Waals surface area contributed by atoms with E-state index in [1.165, 1.54) is 17.4 Å². The van der Waals surface area contributed by atoms with Crippen molar-refractivity contribution in [3.05, 3.63) is 23.1 Å². The summed E-state index contributed by atoms with van der Waals surface area (Å²) in [7, 11) is 0. The van der Waals surface area contributed by atoms with E-state index in [2.05, 4.69) is 0 Å². The summed E-state index contributed by atoms with van der Waals surface area (Å²) in [6.07, 6.45) is -2.79. The quantitative estimate of drug-likeness (QED) is 0.718. The molecule has 0 aliphatic rings. The second-order valence-electron chi connectivity index (χ2n) is 2.80. The number of aromatic hydroxyl groups is 2. The fraction of sp³-hybridized carbons (Fsp3) is 0.111. The zero-order chi connectivity index (χ0) is 10.3. The SMILES string of the molecule is Oc1c(C(F)F)cc2ccsc2c1O. The van der Waals surface area contributed by atoms with E-state index >= 15 is 0 Å². The molecule has 74 valence electrons. The Kier molecular flexibility index (Phi) is 2.03. The summed E-state index contributed by atoms with van der Waals surface area (Å²) in [6.45, 7) is 0. The van der Waals surface area contributed by atoms with Gasteiger partial charge in [-0.25, -0.2) is 8.78 Å². The molecule has 2 nitrogen and oxygen atoms in total. The molecule has 0 aliphatic heterocycles. The summed E-state index contributed by atoms with van der Waals surface area (Å²) in [6, 6.07) is 2.80. The van der Waals surface area contributed by atoms with Crippen LogP contribution in [0.15, 0.2) is 17.5 Å². The summed E-state index contributed by atoms with van der Waals surface area (Å²) in [4.78, 5) is 0. The number of alkyl halides is 2. The lowest BCUT2D eigenvalue weighted by molar-refractivity contribution is 0.147. The molecule has 0 unspecified atom stereocenters. The molecular formula is C9H6F2O2S. The molecule has 0 atom stereocenters. The topological polar surface area (TPSA) is 40.5 Å². The Bertz CT molecular complexity index is 479. The van der Waals surface area contributed by atoms with Crippen LogP contribution in [-0.2, 0) is 0 Å². The van der Waals surface area contributed by atoms with Gasteiger partial charge in [0.2, 0.25) is 0 Å². The number of hydrogen-bond donors (Lipinski definition) is 2. The standard InChI is InChI=1S/C9H6F2O2S/c10-9(11)5-3-4-1-2-14-8(4)7(13)6(5)12/h1-3,9,12-13H. The van der Waals surface area contributed by atoms with Crippen molar-refractivity contribution in [2.45, 2.75) is 6.43 Å². The molecule has 0 fully saturated rings. The van der Waals surface area contributed by atoms with Gasteiger partial charge in [-0.1, -0.05) is 0 Å². The van der Waals surface area contributed by atoms with Crippen LogP contribution in [0.3, 0.4) is 0 Å². The molecule has 1 heterocycles. The van der Waals surface area contributed by atoms with E-state index in [0.717, 1.165) is 0 Å². The van der Waals surface area contributed by atoms with Crippen LogP contribution in [0.1, 0.15) is 12.0 Å². The van der Waals surface area contributed by atoms with E-state index in [-0.39, 0.29) is 0 Å². The molecule has 1 aromatic carbocycles. The minimum absolute atomic E-state index is 0.423. The molecule has 0 radical (unpaired) electrons. The molecule has 0 spiro atoms. The Morgan fingerprint density at radius 1 is 1.21 bits per heavy atom. The molecule has 14 heavy (non-hydrogen) atoms. The first kappa shape index (κ1) is 9.21. The van der Waals surface area contributed by atoms with E-state index in [9.17, 15) is 19.0 Å². The monoisotopic (exact) mass is 216 g/mol. The third kappa shape index (κ3) is 1.21. The van der Waals surface area contributed by atoms with Crippen molar-refractivity contribution < 1.29 is 19.0 Å². The van der Waals surface area contributed by atoms with Crippen molar-refractivity contribution in [2.75, 3.05) is 0 Å². The molecule has 2 aromatic rings. The van der Waals surface area contributed by atoms with E-state index < -0.39 is 23.5 Å². The first-order chi connectivity index (χ1) is 6.61. The van der Waals surface area contributed by atoms with E-state index in [0.29, 0.717) is 10.1 Å². The third-order valence-corrected chi connectivity index (χ3v) is 2.89. The fourth-order valence-corrected chi connectivity index (χ4v) is 2.09. The van der Waals surface area contributed by atoms with E-state index in [1.54, 1.807) is 11.4 Å².